The molecule has 1 aliphatic rings. The second-order valence-corrected chi connectivity index (χ2v) is 10.1. The van der Waals surface area contributed by atoms with E-state index in [-0.39, 0.29) is 5.91 Å². The summed E-state index contributed by atoms with van der Waals surface area (Å²) in [5.74, 6) is 1.34. The molecule has 2 N–H and O–H groups in total. The van der Waals surface area contributed by atoms with Crippen molar-refractivity contribution in [3.05, 3.63) is 65.9 Å². The number of hydrogen-bond acceptors (Lipinski definition) is 4. The predicted molar refractivity (Wildman–Crippen MR) is 137 cm³/mol. The van der Waals surface area contributed by atoms with Crippen molar-refractivity contribution in [2.75, 3.05) is 26.2 Å². The van der Waals surface area contributed by atoms with E-state index < -0.39 is 11.7 Å². The van der Waals surface area contributed by atoms with Gasteiger partial charge in [0.1, 0.15) is 23.7 Å². The van der Waals surface area contributed by atoms with E-state index in [0.29, 0.717) is 30.5 Å². The Morgan fingerprint density at radius 1 is 1.06 bits per heavy atom. The van der Waals surface area contributed by atoms with Gasteiger partial charge in [-0.2, -0.15) is 0 Å². The number of ether oxygens (including phenoxy) is 2. The Kier molecular flexibility index (Phi) is 7.63. The van der Waals surface area contributed by atoms with Gasteiger partial charge in [0.25, 0.3) is 5.91 Å². The Morgan fingerprint density at radius 2 is 1.80 bits per heavy atom. The van der Waals surface area contributed by atoms with E-state index in [4.69, 9.17) is 9.47 Å². The van der Waals surface area contributed by atoms with Crippen molar-refractivity contribution in [2.24, 2.45) is 5.92 Å². The van der Waals surface area contributed by atoms with Crippen molar-refractivity contribution >= 4 is 22.9 Å². The number of carbonyl (C=O) groups is 2. The normalized spacial score (nSPS) is 14.7. The first kappa shape index (κ1) is 24.6. The molecule has 3 aromatic rings. The van der Waals surface area contributed by atoms with Crippen LogP contribution >= 0.6 is 0 Å². The van der Waals surface area contributed by atoms with Crippen LogP contribution in [0.4, 0.5) is 4.79 Å². The third-order valence-electron chi connectivity index (χ3n) is 6.13. The molecule has 1 aromatic heterocycles. The second-order valence-electron chi connectivity index (χ2n) is 10.1. The fourth-order valence-electron chi connectivity index (χ4n) is 4.41. The van der Waals surface area contributed by atoms with Gasteiger partial charge in [-0.1, -0.05) is 30.3 Å². The van der Waals surface area contributed by atoms with E-state index >= 15 is 0 Å². The molecule has 0 unspecified atom stereocenters. The molecule has 0 aliphatic carbocycles. The Hall–Kier alpha value is -3.48. The summed E-state index contributed by atoms with van der Waals surface area (Å²) < 4.78 is 11.0. The van der Waals surface area contributed by atoms with Crippen molar-refractivity contribution in [1.82, 2.24) is 15.2 Å². The molecule has 0 bridgehead atoms. The lowest BCUT2D eigenvalue weighted by molar-refractivity contribution is 0.0519. The summed E-state index contributed by atoms with van der Waals surface area (Å²) in [5.41, 5.74) is 2.29. The first-order valence-corrected chi connectivity index (χ1v) is 12.3. The number of alkyl carbamates (subject to hydrolysis) is 1. The lowest BCUT2D eigenvalue weighted by atomic mass is 9.90. The maximum atomic E-state index is 13.1. The lowest BCUT2D eigenvalue weighted by Gasteiger charge is -2.31. The van der Waals surface area contributed by atoms with E-state index in [0.717, 1.165) is 43.3 Å². The van der Waals surface area contributed by atoms with Crippen LogP contribution < -0.4 is 10.1 Å². The average molecular weight is 478 g/mol. The van der Waals surface area contributed by atoms with Crippen LogP contribution in [0.1, 0.15) is 49.7 Å². The molecule has 186 valence electrons. The van der Waals surface area contributed by atoms with E-state index in [2.05, 4.69) is 34.6 Å². The number of hydrogen-bond donors (Lipinski definition) is 2. The van der Waals surface area contributed by atoms with Crippen LogP contribution in [-0.2, 0) is 11.2 Å². The predicted octanol–water partition coefficient (Wildman–Crippen LogP) is 5.17. The fraction of sp³-hybridized carbons (Fsp3) is 0.429. The first-order valence-electron chi connectivity index (χ1n) is 12.3. The number of H-pyrrole nitrogens is 1. The molecule has 2 aromatic carbocycles. The highest BCUT2D eigenvalue weighted by molar-refractivity contribution is 5.98. The van der Waals surface area contributed by atoms with Crippen LogP contribution in [0.3, 0.4) is 0 Å². The number of fused-ring (bicyclic) bond motifs is 1. The van der Waals surface area contributed by atoms with E-state index in [1.807, 2.05) is 56.0 Å². The summed E-state index contributed by atoms with van der Waals surface area (Å²) in [4.78, 5) is 30.0. The molecule has 0 radical (unpaired) electrons. The van der Waals surface area contributed by atoms with E-state index in [1.165, 1.54) is 5.56 Å². The summed E-state index contributed by atoms with van der Waals surface area (Å²) in [6.45, 7) is 7.68. The van der Waals surface area contributed by atoms with Crippen LogP contribution in [0.25, 0.3) is 10.9 Å². The molecule has 0 spiro atoms. The largest absolute Gasteiger partial charge is 0.492 e. The highest BCUT2D eigenvalue weighted by Crippen LogP contribution is 2.25. The minimum atomic E-state index is -0.531. The molecule has 7 heteroatoms. The SMILES string of the molecule is CC(C)(C)OC(=O)NCCOc1ccc2cc(C(=O)N3CCC(Cc4ccccc4)CC3)[nH]c2c1. The highest BCUT2D eigenvalue weighted by atomic mass is 16.6. The molecule has 1 aliphatic heterocycles. The Balaban J connectivity index is 1.27. The van der Waals surface area contributed by atoms with Crippen molar-refractivity contribution in [1.29, 1.82) is 0 Å². The van der Waals surface area contributed by atoms with Crippen molar-refractivity contribution in [2.45, 2.75) is 45.6 Å². The van der Waals surface area contributed by atoms with Crippen molar-refractivity contribution in [3.8, 4) is 5.75 Å². The molecular weight excluding hydrogens is 442 g/mol. The van der Waals surface area contributed by atoms with Crippen LogP contribution in [0.5, 0.6) is 5.75 Å². The third-order valence-corrected chi connectivity index (χ3v) is 6.13. The number of nitrogens with zero attached hydrogens (tertiary/aromatic N) is 1. The first-order chi connectivity index (χ1) is 16.8. The number of benzene rings is 2. The maximum Gasteiger partial charge on any atom is 0.407 e. The Morgan fingerprint density at radius 3 is 2.51 bits per heavy atom. The second kappa shape index (κ2) is 10.8. The van der Waals surface area contributed by atoms with Gasteiger partial charge in [-0.3, -0.25) is 4.79 Å². The summed E-state index contributed by atoms with van der Waals surface area (Å²) in [6, 6.07) is 18.2. The number of nitrogens with one attached hydrogen (secondary N) is 2. The Bertz CT molecular complexity index is 1140. The van der Waals surface area contributed by atoms with Crippen LogP contribution in [0.2, 0.25) is 0 Å². The number of piperidine rings is 1. The standard InChI is InChI=1S/C28H35N3O4/c1-28(2,3)35-27(33)29-13-16-34-23-10-9-22-18-25(30-24(22)19-23)26(32)31-14-11-21(12-15-31)17-20-7-5-4-6-8-20/h4-10,18-19,21,30H,11-17H2,1-3H3,(H,29,33). The summed E-state index contributed by atoms with van der Waals surface area (Å²) in [5, 5.41) is 3.64. The molecule has 2 amide bonds. The minimum absolute atomic E-state index is 0.0448. The van der Waals surface area contributed by atoms with Gasteiger partial charge in [-0.05, 0) is 69.7 Å². The van der Waals surface area contributed by atoms with Crippen LogP contribution in [0, 0.1) is 5.92 Å². The highest BCUT2D eigenvalue weighted by Gasteiger charge is 2.25. The fourth-order valence-corrected chi connectivity index (χ4v) is 4.41. The van der Waals surface area contributed by atoms with Gasteiger partial charge in [0.05, 0.1) is 6.54 Å². The zero-order chi connectivity index (χ0) is 24.8. The molecule has 1 saturated heterocycles. The number of aromatic nitrogens is 1. The quantitative estimate of drug-likeness (QED) is 0.460. The summed E-state index contributed by atoms with van der Waals surface area (Å²) in [6.07, 6.45) is 2.66. The zero-order valence-corrected chi connectivity index (χ0v) is 20.8. The average Bonchev–Trinajstić information content (AvgIpc) is 3.25. The van der Waals surface area contributed by atoms with Gasteiger partial charge >= 0.3 is 6.09 Å². The number of aromatic amines is 1. The topological polar surface area (TPSA) is 83.7 Å². The minimum Gasteiger partial charge on any atom is -0.492 e. The number of likely N-dealkylation sites (tertiary alicyclic amines) is 1. The summed E-state index contributed by atoms with van der Waals surface area (Å²) in [7, 11) is 0. The smallest absolute Gasteiger partial charge is 0.407 e. The molecule has 7 nitrogen and oxygen atoms in total. The van der Waals surface area contributed by atoms with E-state index in [9.17, 15) is 9.59 Å². The molecule has 0 saturated carbocycles. The monoisotopic (exact) mass is 477 g/mol. The number of amides is 2. The molecule has 1 fully saturated rings. The molecule has 2 heterocycles. The Labute approximate surface area is 206 Å². The van der Waals surface area contributed by atoms with E-state index in [1.54, 1.807) is 0 Å². The van der Waals surface area contributed by atoms with Gasteiger partial charge in [0.15, 0.2) is 0 Å². The van der Waals surface area contributed by atoms with Crippen molar-refractivity contribution < 1.29 is 19.1 Å². The zero-order valence-electron chi connectivity index (χ0n) is 20.8. The molecule has 4 rings (SSSR count). The third kappa shape index (κ3) is 7.01. The van der Waals surface area contributed by atoms with Gasteiger partial charge in [-0.15, -0.1) is 0 Å². The number of carbonyl (C=O) groups excluding carboxylic acids is 2. The summed E-state index contributed by atoms with van der Waals surface area (Å²) >= 11 is 0. The number of rotatable bonds is 7. The van der Waals surface area contributed by atoms with Crippen molar-refractivity contribution in [3.63, 3.8) is 0 Å². The van der Waals surface area contributed by atoms with Gasteiger partial charge < -0.3 is 24.7 Å². The van der Waals surface area contributed by atoms with Gasteiger partial charge in [0.2, 0.25) is 0 Å². The maximum absolute atomic E-state index is 13.1. The van der Waals surface area contributed by atoms with Gasteiger partial charge in [0, 0.05) is 30.1 Å². The van der Waals surface area contributed by atoms with Crippen LogP contribution in [-0.4, -0.2) is 53.7 Å². The lowest BCUT2D eigenvalue weighted by Crippen LogP contribution is -2.39. The molecular formula is C28H35N3O4. The van der Waals surface area contributed by atoms with Crippen LogP contribution in [0.15, 0.2) is 54.6 Å². The van der Waals surface area contributed by atoms with Gasteiger partial charge in [-0.25, -0.2) is 4.79 Å². The molecule has 35 heavy (non-hydrogen) atoms. The molecule has 0 atom stereocenters.